The number of hydrogen-bond donors (Lipinski definition) is 1. The number of sulfonamides is 1. The molecule has 1 rings (SSSR count). The second-order valence-electron chi connectivity index (χ2n) is 4.24. The highest BCUT2D eigenvalue weighted by Gasteiger charge is 2.18. The van der Waals surface area contributed by atoms with Crippen molar-refractivity contribution in [2.75, 3.05) is 20.3 Å². The summed E-state index contributed by atoms with van der Waals surface area (Å²) in [5.41, 5.74) is 0.175. The summed E-state index contributed by atoms with van der Waals surface area (Å²) in [5.74, 6) is -0.679. The molecule has 0 aliphatic heterocycles. The molecule has 0 heterocycles. The third-order valence-corrected chi connectivity index (χ3v) is 4.05. The van der Waals surface area contributed by atoms with Crippen molar-refractivity contribution in [3.63, 3.8) is 0 Å². The minimum absolute atomic E-state index is 0.0299. The predicted molar refractivity (Wildman–Crippen MR) is 74.0 cm³/mol. The maximum atomic E-state index is 12.0. The number of nitriles is 1. The van der Waals surface area contributed by atoms with Crippen LogP contribution in [0.5, 0.6) is 0 Å². The molecule has 0 radical (unpaired) electrons. The average molecular weight is 312 g/mol. The number of esters is 1. The van der Waals surface area contributed by atoms with Crippen molar-refractivity contribution in [1.82, 2.24) is 4.72 Å². The van der Waals surface area contributed by atoms with Crippen LogP contribution in [0.15, 0.2) is 29.2 Å². The first-order chi connectivity index (χ1) is 9.90. The Morgan fingerprint density at radius 3 is 2.52 bits per heavy atom. The molecule has 0 aliphatic carbocycles. The number of rotatable bonds is 7. The van der Waals surface area contributed by atoms with Gasteiger partial charge in [0.15, 0.2) is 6.61 Å². The second kappa shape index (κ2) is 7.73. The van der Waals surface area contributed by atoms with Crippen LogP contribution in [0.4, 0.5) is 0 Å². The molecule has 114 valence electrons. The number of carbonyl (C=O) groups excluding carboxylic acids is 1. The fourth-order valence-corrected chi connectivity index (χ4v) is 2.80. The molecule has 0 fully saturated rings. The lowest BCUT2D eigenvalue weighted by atomic mass is 10.2. The zero-order valence-corrected chi connectivity index (χ0v) is 12.5. The summed E-state index contributed by atoms with van der Waals surface area (Å²) in [5, 5.41) is 8.32. The molecular weight excluding hydrogens is 296 g/mol. The van der Waals surface area contributed by atoms with E-state index >= 15 is 0 Å². The SMILES string of the molecule is COC[C@H](C)NS(=O)(=O)c1ccc(C(=O)OCC#N)cc1. The molecule has 0 saturated carbocycles. The molecule has 1 aromatic rings. The molecule has 0 unspecified atom stereocenters. The van der Waals surface area contributed by atoms with Crippen LogP contribution in [0.3, 0.4) is 0 Å². The second-order valence-corrected chi connectivity index (χ2v) is 5.95. The van der Waals surface area contributed by atoms with Gasteiger partial charge in [-0.1, -0.05) is 0 Å². The molecule has 0 amide bonds. The van der Waals surface area contributed by atoms with Crippen LogP contribution in [0, 0.1) is 11.3 Å². The number of methoxy groups -OCH3 is 1. The van der Waals surface area contributed by atoms with E-state index in [4.69, 9.17) is 10.00 Å². The summed E-state index contributed by atoms with van der Waals surface area (Å²) in [6, 6.07) is 6.55. The van der Waals surface area contributed by atoms with Crippen molar-refractivity contribution in [3.05, 3.63) is 29.8 Å². The Hall–Kier alpha value is -1.95. The molecule has 1 N–H and O–H groups in total. The lowest BCUT2D eigenvalue weighted by Crippen LogP contribution is -2.35. The van der Waals surface area contributed by atoms with E-state index in [2.05, 4.69) is 9.46 Å². The van der Waals surface area contributed by atoms with Crippen molar-refractivity contribution in [2.24, 2.45) is 0 Å². The van der Waals surface area contributed by atoms with Crippen LogP contribution in [0.2, 0.25) is 0 Å². The lowest BCUT2D eigenvalue weighted by molar-refractivity contribution is 0.0555. The smallest absolute Gasteiger partial charge is 0.339 e. The van der Waals surface area contributed by atoms with Gasteiger partial charge in [-0.05, 0) is 31.2 Å². The number of hydrogen-bond acceptors (Lipinski definition) is 6. The van der Waals surface area contributed by atoms with Crippen molar-refractivity contribution in [1.29, 1.82) is 5.26 Å². The summed E-state index contributed by atoms with van der Waals surface area (Å²) in [6.45, 7) is 1.57. The largest absolute Gasteiger partial charge is 0.447 e. The summed E-state index contributed by atoms with van der Waals surface area (Å²) in [6.07, 6.45) is 0. The first-order valence-corrected chi connectivity index (χ1v) is 7.54. The molecular formula is C13H16N2O5S. The zero-order valence-electron chi connectivity index (χ0n) is 11.7. The Morgan fingerprint density at radius 2 is 2.00 bits per heavy atom. The normalized spacial score (nSPS) is 12.4. The standard InChI is InChI=1S/C13H16N2O5S/c1-10(9-19-2)15-21(17,18)12-5-3-11(4-6-12)13(16)20-8-7-14/h3-6,10,15H,8-9H2,1-2H3/t10-/m0/s1. The Labute approximate surface area is 123 Å². The minimum atomic E-state index is -3.68. The van der Waals surface area contributed by atoms with E-state index < -0.39 is 16.0 Å². The van der Waals surface area contributed by atoms with Gasteiger partial charge in [-0.15, -0.1) is 0 Å². The van der Waals surface area contributed by atoms with E-state index in [1.165, 1.54) is 31.4 Å². The summed E-state index contributed by atoms with van der Waals surface area (Å²) < 4.78 is 36.0. The van der Waals surface area contributed by atoms with Crippen molar-refractivity contribution >= 4 is 16.0 Å². The third-order valence-electron chi connectivity index (χ3n) is 2.44. The van der Waals surface area contributed by atoms with Gasteiger partial charge in [-0.2, -0.15) is 5.26 Å². The fourth-order valence-electron chi connectivity index (χ4n) is 1.57. The highest BCUT2D eigenvalue weighted by atomic mass is 32.2. The predicted octanol–water partition coefficient (Wildman–Crippen LogP) is 0.680. The first kappa shape index (κ1) is 17.1. The van der Waals surface area contributed by atoms with Crippen molar-refractivity contribution in [2.45, 2.75) is 17.9 Å². The quantitative estimate of drug-likeness (QED) is 0.742. The van der Waals surface area contributed by atoms with E-state index in [9.17, 15) is 13.2 Å². The third kappa shape index (κ3) is 5.15. The highest BCUT2D eigenvalue weighted by molar-refractivity contribution is 7.89. The fraction of sp³-hybridized carbons (Fsp3) is 0.385. The van der Waals surface area contributed by atoms with Crippen LogP contribution in [-0.2, 0) is 19.5 Å². The number of nitrogens with zero attached hydrogens (tertiary/aromatic N) is 1. The van der Waals surface area contributed by atoms with Crippen LogP contribution < -0.4 is 4.72 Å². The molecule has 0 aliphatic rings. The summed E-state index contributed by atoms with van der Waals surface area (Å²) in [7, 11) is -2.20. The van der Waals surface area contributed by atoms with E-state index in [0.29, 0.717) is 0 Å². The molecule has 0 bridgehead atoms. The molecule has 21 heavy (non-hydrogen) atoms. The summed E-state index contributed by atoms with van der Waals surface area (Å²) >= 11 is 0. The van der Waals surface area contributed by atoms with E-state index in [1.807, 2.05) is 0 Å². The summed E-state index contributed by atoms with van der Waals surface area (Å²) in [4.78, 5) is 11.5. The Kier molecular flexibility index (Phi) is 6.30. The van der Waals surface area contributed by atoms with Crippen LogP contribution >= 0.6 is 0 Å². The first-order valence-electron chi connectivity index (χ1n) is 6.06. The van der Waals surface area contributed by atoms with Crippen LogP contribution in [0.1, 0.15) is 17.3 Å². The maximum absolute atomic E-state index is 12.0. The average Bonchev–Trinajstić information content (AvgIpc) is 2.44. The molecule has 0 saturated heterocycles. The molecule has 1 aromatic carbocycles. The van der Waals surface area contributed by atoms with Gasteiger partial charge in [0.2, 0.25) is 10.0 Å². The van der Waals surface area contributed by atoms with Gasteiger partial charge in [-0.3, -0.25) is 0 Å². The van der Waals surface area contributed by atoms with Crippen LogP contribution in [-0.4, -0.2) is 40.8 Å². The minimum Gasteiger partial charge on any atom is -0.447 e. The Balaban J connectivity index is 2.82. The highest BCUT2D eigenvalue weighted by Crippen LogP contribution is 2.12. The van der Waals surface area contributed by atoms with Crippen LogP contribution in [0.25, 0.3) is 0 Å². The van der Waals surface area contributed by atoms with Gasteiger partial charge in [0.25, 0.3) is 0 Å². The van der Waals surface area contributed by atoms with Gasteiger partial charge in [-0.25, -0.2) is 17.9 Å². The Bertz CT molecular complexity index is 619. The number of carbonyl (C=O) groups is 1. The van der Waals surface area contributed by atoms with E-state index in [1.54, 1.807) is 13.0 Å². The number of nitrogens with one attached hydrogen (secondary N) is 1. The molecule has 0 aromatic heterocycles. The van der Waals surface area contributed by atoms with Gasteiger partial charge in [0.1, 0.15) is 6.07 Å². The van der Waals surface area contributed by atoms with Gasteiger partial charge < -0.3 is 9.47 Å². The zero-order chi connectivity index (χ0) is 15.9. The van der Waals surface area contributed by atoms with Gasteiger partial charge in [0.05, 0.1) is 17.1 Å². The monoisotopic (exact) mass is 312 g/mol. The molecule has 0 spiro atoms. The topological polar surface area (TPSA) is 105 Å². The number of ether oxygens (including phenoxy) is 2. The maximum Gasteiger partial charge on any atom is 0.339 e. The van der Waals surface area contributed by atoms with E-state index in [0.717, 1.165) is 0 Å². The molecule has 8 heteroatoms. The van der Waals surface area contributed by atoms with Crippen molar-refractivity contribution < 1.29 is 22.7 Å². The van der Waals surface area contributed by atoms with Crippen molar-refractivity contribution in [3.8, 4) is 6.07 Å². The van der Waals surface area contributed by atoms with Gasteiger partial charge in [0, 0.05) is 13.2 Å². The molecule has 7 nitrogen and oxygen atoms in total. The Morgan fingerprint density at radius 1 is 1.38 bits per heavy atom. The van der Waals surface area contributed by atoms with E-state index in [-0.39, 0.29) is 29.7 Å². The lowest BCUT2D eigenvalue weighted by Gasteiger charge is -2.13. The molecule has 1 atom stereocenters. The van der Waals surface area contributed by atoms with Gasteiger partial charge >= 0.3 is 5.97 Å². The number of benzene rings is 1.